The van der Waals surface area contributed by atoms with E-state index in [2.05, 4.69) is 10.6 Å². The average Bonchev–Trinajstić information content (AvgIpc) is 2.28. The molecule has 0 atom stereocenters. The lowest BCUT2D eigenvalue weighted by Crippen LogP contribution is -2.22. The molecule has 0 radical (unpaired) electrons. The van der Waals surface area contributed by atoms with Crippen LogP contribution < -0.4 is 10.6 Å². The molecule has 88 valence electrons. The summed E-state index contributed by atoms with van der Waals surface area (Å²) in [5.74, 6) is -0.120. The monoisotopic (exact) mass is 222 g/mol. The lowest BCUT2D eigenvalue weighted by molar-refractivity contribution is -0.120. The second-order valence-corrected chi connectivity index (χ2v) is 3.52. The topological polar surface area (TPSA) is 50.4 Å². The Hall–Kier alpha value is -1.39. The predicted octanol–water partition coefficient (Wildman–Crippen LogP) is 1.17. The first-order chi connectivity index (χ1) is 7.74. The van der Waals surface area contributed by atoms with E-state index in [0.717, 1.165) is 17.8 Å². The van der Waals surface area contributed by atoms with Crippen LogP contribution in [0, 0.1) is 6.92 Å². The van der Waals surface area contributed by atoms with E-state index in [1.54, 1.807) is 0 Å². The smallest absolute Gasteiger partial charge is 0.250 e. The highest BCUT2D eigenvalue weighted by atomic mass is 16.5. The van der Waals surface area contributed by atoms with E-state index < -0.39 is 0 Å². The largest absolute Gasteiger partial charge is 0.370 e. The lowest BCUT2D eigenvalue weighted by Gasteiger charge is -2.08. The third kappa shape index (κ3) is 4.42. The fourth-order valence-corrected chi connectivity index (χ4v) is 1.24. The number of amides is 1. The minimum absolute atomic E-state index is 0.0933. The highest BCUT2D eigenvalue weighted by Crippen LogP contribution is 2.12. The number of nitrogens with one attached hydrogen (secondary N) is 2. The van der Waals surface area contributed by atoms with Gasteiger partial charge in [0.2, 0.25) is 5.91 Å². The molecule has 0 aliphatic carbocycles. The van der Waals surface area contributed by atoms with Crippen LogP contribution >= 0.6 is 0 Å². The quantitative estimate of drug-likeness (QED) is 0.710. The Morgan fingerprint density at radius 3 is 2.81 bits per heavy atom. The van der Waals surface area contributed by atoms with Crippen molar-refractivity contribution >= 4 is 11.6 Å². The molecular weight excluding hydrogens is 204 g/mol. The van der Waals surface area contributed by atoms with E-state index in [1.165, 1.54) is 0 Å². The molecule has 0 heterocycles. The summed E-state index contributed by atoms with van der Waals surface area (Å²) in [5.41, 5.74) is 1.88. The molecule has 1 aromatic rings. The van der Waals surface area contributed by atoms with E-state index >= 15 is 0 Å². The molecule has 2 N–H and O–H groups in total. The van der Waals surface area contributed by atoms with Gasteiger partial charge >= 0.3 is 0 Å². The number of rotatable bonds is 6. The number of ether oxygens (including phenoxy) is 1. The molecule has 1 aromatic carbocycles. The highest BCUT2D eigenvalue weighted by molar-refractivity contribution is 5.92. The van der Waals surface area contributed by atoms with Crippen LogP contribution in [0.3, 0.4) is 0 Å². The summed E-state index contributed by atoms with van der Waals surface area (Å²) in [6, 6.07) is 7.66. The zero-order valence-corrected chi connectivity index (χ0v) is 9.75. The van der Waals surface area contributed by atoms with Crippen molar-refractivity contribution < 1.29 is 9.53 Å². The molecule has 0 aliphatic heterocycles. The first-order valence-corrected chi connectivity index (χ1v) is 5.32. The zero-order chi connectivity index (χ0) is 11.8. The third-order valence-corrected chi connectivity index (χ3v) is 2.15. The molecule has 1 rings (SSSR count). The van der Waals surface area contributed by atoms with E-state index in [0.29, 0.717) is 6.61 Å². The van der Waals surface area contributed by atoms with Crippen LogP contribution in [0.2, 0.25) is 0 Å². The molecule has 0 fully saturated rings. The molecule has 4 nitrogen and oxygen atoms in total. The second-order valence-electron chi connectivity index (χ2n) is 3.52. The third-order valence-electron chi connectivity index (χ3n) is 2.15. The van der Waals surface area contributed by atoms with Crippen molar-refractivity contribution in [2.24, 2.45) is 0 Å². The number of carbonyl (C=O) groups is 1. The number of carbonyl (C=O) groups excluding carboxylic acids is 1. The number of hydrogen-bond acceptors (Lipinski definition) is 3. The van der Waals surface area contributed by atoms with Gasteiger partial charge in [-0.15, -0.1) is 0 Å². The molecule has 4 heteroatoms. The van der Waals surface area contributed by atoms with Gasteiger partial charge in [-0.3, -0.25) is 4.79 Å². The predicted molar refractivity (Wildman–Crippen MR) is 64.6 cm³/mol. The minimum Gasteiger partial charge on any atom is -0.370 e. The maximum absolute atomic E-state index is 11.5. The van der Waals surface area contributed by atoms with Gasteiger partial charge in [-0.25, -0.2) is 0 Å². The molecular formula is C12H18N2O2. The molecule has 0 aliphatic rings. The van der Waals surface area contributed by atoms with Crippen LogP contribution in [0.5, 0.6) is 0 Å². The van der Waals surface area contributed by atoms with E-state index in [4.69, 9.17) is 4.74 Å². The summed E-state index contributed by atoms with van der Waals surface area (Å²) in [6.07, 6.45) is 0. The fraction of sp³-hybridized carbons (Fsp3) is 0.417. The Balaban J connectivity index is 2.32. The SMILES string of the molecule is CNCCOCC(=O)Nc1ccccc1C. The number of aryl methyl sites for hydroxylation is 1. The van der Waals surface area contributed by atoms with Crippen molar-refractivity contribution in [3.8, 4) is 0 Å². The van der Waals surface area contributed by atoms with Crippen LogP contribution in [0.1, 0.15) is 5.56 Å². The Kier molecular flexibility index (Phi) is 5.53. The summed E-state index contributed by atoms with van der Waals surface area (Å²) in [4.78, 5) is 11.5. The van der Waals surface area contributed by atoms with Gasteiger partial charge in [0.05, 0.1) is 6.61 Å². The van der Waals surface area contributed by atoms with Gasteiger partial charge in [0, 0.05) is 12.2 Å². The molecule has 0 aromatic heterocycles. The Morgan fingerprint density at radius 2 is 2.12 bits per heavy atom. The van der Waals surface area contributed by atoms with Crippen LogP contribution in [0.4, 0.5) is 5.69 Å². The average molecular weight is 222 g/mol. The normalized spacial score (nSPS) is 10.1. The van der Waals surface area contributed by atoms with Gasteiger partial charge < -0.3 is 15.4 Å². The van der Waals surface area contributed by atoms with E-state index in [1.807, 2.05) is 38.2 Å². The van der Waals surface area contributed by atoms with Crippen LogP contribution in [0.15, 0.2) is 24.3 Å². The maximum atomic E-state index is 11.5. The number of hydrogen-bond donors (Lipinski definition) is 2. The van der Waals surface area contributed by atoms with Crippen LogP contribution in [0.25, 0.3) is 0 Å². The van der Waals surface area contributed by atoms with Crippen molar-refractivity contribution in [3.05, 3.63) is 29.8 Å². The Labute approximate surface area is 96.0 Å². The summed E-state index contributed by atoms with van der Waals surface area (Å²) < 4.78 is 5.17. The standard InChI is InChI=1S/C12H18N2O2/c1-10-5-3-4-6-11(10)14-12(15)9-16-8-7-13-2/h3-6,13H,7-9H2,1-2H3,(H,14,15). The Morgan fingerprint density at radius 1 is 1.38 bits per heavy atom. The van der Waals surface area contributed by atoms with Gasteiger partial charge in [-0.2, -0.15) is 0 Å². The molecule has 0 unspecified atom stereocenters. The highest BCUT2D eigenvalue weighted by Gasteiger charge is 2.03. The summed E-state index contributed by atoms with van der Waals surface area (Å²) in [6.45, 7) is 3.34. The summed E-state index contributed by atoms with van der Waals surface area (Å²) in [7, 11) is 1.84. The first-order valence-electron chi connectivity index (χ1n) is 5.32. The number of anilines is 1. The van der Waals surface area contributed by atoms with Crippen molar-refractivity contribution in [2.45, 2.75) is 6.92 Å². The number of likely N-dealkylation sites (N-methyl/N-ethyl adjacent to an activating group) is 1. The molecule has 0 saturated heterocycles. The van der Waals surface area contributed by atoms with E-state index in [-0.39, 0.29) is 12.5 Å². The fourth-order valence-electron chi connectivity index (χ4n) is 1.24. The van der Waals surface area contributed by atoms with Gasteiger partial charge in [-0.1, -0.05) is 18.2 Å². The van der Waals surface area contributed by atoms with Gasteiger partial charge in [0.1, 0.15) is 6.61 Å². The zero-order valence-electron chi connectivity index (χ0n) is 9.75. The maximum Gasteiger partial charge on any atom is 0.250 e. The molecule has 1 amide bonds. The molecule has 0 saturated carbocycles. The molecule has 0 spiro atoms. The van der Waals surface area contributed by atoms with Crippen molar-refractivity contribution in [2.75, 3.05) is 32.1 Å². The van der Waals surface area contributed by atoms with Crippen molar-refractivity contribution in [3.63, 3.8) is 0 Å². The summed E-state index contributed by atoms with van der Waals surface area (Å²) >= 11 is 0. The van der Waals surface area contributed by atoms with Gasteiger partial charge in [0.25, 0.3) is 0 Å². The minimum atomic E-state index is -0.120. The Bertz CT molecular complexity index is 340. The summed E-state index contributed by atoms with van der Waals surface area (Å²) in [5, 5.41) is 5.75. The van der Waals surface area contributed by atoms with Crippen LogP contribution in [-0.4, -0.2) is 32.7 Å². The van der Waals surface area contributed by atoms with Gasteiger partial charge in [-0.05, 0) is 25.6 Å². The van der Waals surface area contributed by atoms with Crippen molar-refractivity contribution in [1.82, 2.24) is 5.32 Å². The molecule has 0 bridgehead atoms. The van der Waals surface area contributed by atoms with Gasteiger partial charge in [0.15, 0.2) is 0 Å². The lowest BCUT2D eigenvalue weighted by atomic mass is 10.2. The van der Waals surface area contributed by atoms with E-state index in [9.17, 15) is 4.79 Å². The molecule has 16 heavy (non-hydrogen) atoms. The van der Waals surface area contributed by atoms with Crippen molar-refractivity contribution in [1.29, 1.82) is 0 Å². The number of para-hydroxylation sites is 1. The second kappa shape index (κ2) is 6.98. The first kappa shape index (κ1) is 12.7. The number of benzene rings is 1. The van der Waals surface area contributed by atoms with Crippen LogP contribution in [-0.2, 0) is 9.53 Å².